The third-order valence-corrected chi connectivity index (χ3v) is 3.61. The quantitative estimate of drug-likeness (QED) is 0.635. The number of hydrogen-bond acceptors (Lipinski definition) is 6. The van der Waals surface area contributed by atoms with Crippen LogP contribution in [0.3, 0.4) is 0 Å². The summed E-state index contributed by atoms with van der Waals surface area (Å²) in [4.78, 5) is 23.8. The zero-order chi connectivity index (χ0) is 15.6. The number of nitrogens with one attached hydrogen (secondary N) is 1. The van der Waals surface area contributed by atoms with Crippen molar-refractivity contribution < 1.29 is 14.8 Å². The standard InChI is InChI=1S/C13H18N4O4/c1-9-11(14-16-5-3-15(2)4-6-16)7-10(13(18)19)8-12(9)17(20)21/h7-8,14H,3-6H2,1-2H3,(H,18,19). The molecule has 0 atom stereocenters. The smallest absolute Gasteiger partial charge is 0.336 e. The first-order chi connectivity index (χ1) is 9.88. The van der Waals surface area contributed by atoms with Crippen LogP contribution in [0.25, 0.3) is 0 Å². The maximum Gasteiger partial charge on any atom is 0.336 e. The fourth-order valence-electron chi connectivity index (χ4n) is 2.22. The van der Waals surface area contributed by atoms with Gasteiger partial charge in [-0.2, -0.15) is 0 Å². The normalized spacial score (nSPS) is 16.7. The average Bonchev–Trinajstić information content (AvgIpc) is 2.42. The van der Waals surface area contributed by atoms with Crippen molar-refractivity contribution in [3.63, 3.8) is 0 Å². The molecule has 1 aromatic carbocycles. The van der Waals surface area contributed by atoms with Crippen molar-refractivity contribution in [1.29, 1.82) is 0 Å². The van der Waals surface area contributed by atoms with Gasteiger partial charge in [-0.05, 0) is 20.0 Å². The minimum Gasteiger partial charge on any atom is -0.478 e. The van der Waals surface area contributed by atoms with Gasteiger partial charge >= 0.3 is 5.97 Å². The number of anilines is 1. The van der Waals surface area contributed by atoms with Gasteiger partial charge in [-0.1, -0.05) is 0 Å². The number of carbonyl (C=O) groups is 1. The highest BCUT2D eigenvalue weighted by Gasteiger charge is 2.21. The second-order valence-corrected chi connectivity index (χ2v) is 5.13. The lowest BCUT2D eigenvalue weighted by molar-refractivity contribution is -0.385. The summed E-state index contributed by atoms with van der Waals surface area (Å²) >= 11 is 0. The van der Waals surface area contributed by atoms with Crippen molar-refractivity contribution in [2.24, 2.45) is 0 Å². The zero-order valence-corrected chi connectivity index (χ0v) is 12.0. The van der Waals surface area contributed by atoms with Crippen molar-refractivity contribution in [2.75, 3.05) is 38.7 Å². The molecule has 0 radical (unpaired) electrons. The predicted molar refractivity (Wildman–Crippen MR) is 77.5 cm³/mol. The SMILES string of the molecule is Cc1c(NN2CCN(C)CC2)cc(C(=O)O)cc1[N+](=O)[O-]. The second kappa shape index (κ2) is 6.06. The summed E-state index contributed by atoms with van der Waals surface area (Å²) in [5.41, 5.74) is 3.72. The van der Waals surface area contributed by atoms with Gasteiger partial charge in [-0.15, -0.1) is 0 Å². The van der Waals surface area contributed by atoms with Crippen molar-refractivity contribution in [3.8, 4) is 0 Å². The molecular weight excluding hydrogens is 276 g/mol. The molecule has 8 nitrogen and oxygen atoms in total. The molecule has 0 saturated carbocycles. The second-order valence-electron chi connectivity index (χ2n) is 5.13. The fraction of sp³-hybridized carbons (Fsp3) is 0.462. The van der Waals surface area contributed by atoms with Gasteiger partial charge < -0.3 is 15.4 Å². The molecule has 0 spiro atoms. The van der Waals surface area contributed by atoms with Crippen LogP contribution in [0.5, 0.6) is 0 Å². The minimum absolute atomic E-state index is 0.0936. The number of aromatic carboxylic acids is 1. The molecule has 0 bridgehead atoms. The van der Waals surface area contributed by atoms with E-state index < -0.39 is 10.9 Å². The number of carboxylic acids is 1. The number of carboxylic acid groups (broad SMARTS) is 1. The molecule has 21 heavy (non-hydrogen) atoms. The van der Waals surface area contributed by atoms with Crippen molar-refractivity contribution in [2.45, 2.75) is 6.92 Å². The average molecular weight is 294 g/mol. The van der Waals surface area contributed by atoms with Crippen LogP contribution in [-0.4, -0.2) is 59.1 Å². The molecule has 1 saturated heterocycles. The van der Waals surface area contributed by atoms with Crippen LogP contribution in [0, 0.1) is 17.0 Å². The molecular formula is C13H18N4O4. The third kappa shape index (κ3) is 3.47. The van der Waals surface area contributed by atoms with E-state index in [1.54, 1.807) is 6.92 Å². The van der Waals surface area contributed by atoms with Crippen molar-refractivity contribution >= 4 is 17.3 Å². The molecule has 1 fully saturated rings. The van der Waals surface area contributed by atoms with Crippen molar-refractivity contribution in [1.82, 2.24) is 9.91 Å². The number of benzene rings is 1. The highest BCUT2D eigenvalue weighted by Crippen LogP contribution is 2.28. The van der Waals surface area contributed by atoms with Gasteiger partial charge in [0.05, 0.1) is 21.7 Å². The Bertz CT molecular complexity index is 568. The molecule has 0 aromatic heterocycles. The number of hydrazine groups is 1. The van der Waals surface area contributed by atoms with Crippen molar-refractivity contribution in [3.05, 3.63) is 33.4 Å². The monoisotopic (exact) mass is 294 g/mol. The van der Waals surface area contributed by atoms with E-state index in [1.807, 2.05) is 12.1 Å². The number of nitro groups is 1. The van der Waals surface area contributed by atoms with E-state index in [4.69, 9.17) is 5.11 Å². The molecule has 2 N–H and O–H groups in total. The van der Waals surface area contributed by atoms with Crippen LogP contribution in [-0.2, 0) is 0 Å². The van der Waals surface area contributed by atoms with Gasteiger partial charge in [0.2, 0.25) is 0 Å². The van der Waals surface area contributed by atoms with E-state index in [9.17, 15) is 14.9 Å². The predicted octanol–water partition coefficient (Wildman–Crippen LogP) is 1.18. The molecule has 1 aliphatic heterocycles. The van der Waals surface area contributed by atoms with Crippen LogP contribution in [0.4, 0.5) is 11.4 Å². The Hall–Kier alpha value is -2.19. The first kappa shape index (κ1) is 15.2. The molecule has 0 aliphatic carbocycles. The maximum absolute atomic E-state index is 11.1. The lowest BCUT2D eigenvalue weighted by Gasteiger charge is -2.33. The Kier molecular flexibility index (Phi) is 4.39. The summed E-state index contributed by atoms with van der Waals surface area (Å²) in [6.07, 6.45) is 0. The number of piperazine rings is 1. The Morgan fingerprint density at radius 1 is 1.33 bits per heavy atom. The van der Waals surface area contributed by atoms with Gasteiger partial charge in [-0.25, -0.2) is 9.80 Å². The number of likely N-dealkylation sites (N-methyl/N-ethyl adjacent to an activating group) is 1. The third-order valence-electron chi connectivity index (χ3n) is 3.61. The Labute approximate surface area is 122 Å². The summed E-state index contributed by atoms with van der Waals surface area (Å²) in [5.74, 6) is -1.18. The molecule has 0 amide bonds. The molecule has 0 unspecified atom stereocenters. The van der Waals surface area contributed by atoms with Gasteiger partial charge in [0.15, 0.2) is 0 Å². The molecule has 8 heteroatoms. The van der Waals surface area contributed by atoms with Gasteiger partial charge in [-0.3, -0.25) is 10.1 Å². The first-order valence-corrected chi connectivity index (χ1v) is 6.61. The minimum atomic E-state index is -1.18. The van der Waals surface area contributed by atoms with E-state index in [1.165, 1.54) is 6.07 Å². The van der Waals surface area contributed by atoms with E-state index in [-0.39, 0.29) is 11.3 Å². The largest absolute Gasteiger partial charge is 0.478 e. The zero-order valence-electron chi connectivity index (χ0n) is 12.0. The Morgan fingerprint density at radius 2 is 1.95 bits per heavy atom. The number of hydrogen-bond donors (Lipinski definition) is 2. The summed E-state index contributed by atoms with van der Waals surface area (Å²) in [6.45, 7) is 4.91. The molecule has 114 valence electrons. The van der Waals surface area contributed by atoms with E-state index in [0.717, 1.165) is 32.2 Å². The van der Waals surface area contributed by atoms with Crippen LogP contribution < -0.4 is 5.43 Å². The summed E-state index contributed by atoms with van der Waals surface area (Å²) < 4.78 is 0. The number of nitrogens with zero attached hydrogens (tertiary/aromatic N) is 3. The highest BCUT2D eigenvalue weighted by molar-refractivity contribution is 5.90. The van der Waals surface area contributed by atoms with Crippen LogP contribution in [0.2, 0.25) is 0 Å². The van der Waals surface area contributed by atoms with Crippen LogP contribution >= 0.6 is 0 Å². The Balaban J connectivity index is 2.29. The summed E-state index contributed by atoms with van der Waals surface area (Å²) in [5, 5.41) is 22.1. The topological polar surface area (TPSA) is 99.0 Å². The van der Waals surface area contributed by atoms with E-state index in [0.29, 0.717) is 11.3 Å². The van der Waals surface area contributed by atoms with E-state index in [2.05, 4.69) is 10.3 Å². The lowest BCUT2D eigenvalue weighted by Crippen LogP contribution is -2.47. The number of rotatable bonds is 4. The van der Waals surface area contributed by atoms with Gasteiger partial charge in [0.25, 0.3) is 5.69 Å². The molecule has 2 rings (SSSR count). The maximum atomic E-state index is 11.1. The van der Waals surface area contributed by atoms with Gasteiger partial charge in [0, 0.05) is 32.2 Å². The number of nitro benzene ring substituents is 1. The molecule has 1 aromatic rings. The van der Waals surface area contributed by atoms with Crippen LogP contribution in [0.1, 0.15) is 15.9 Å². The summed E-state index contributed by atoms with van der Waals surface area (Å²) in [7, 11) is 2.03. The first-order valence-electron chi connectivity index (χ1n) is 6.61. The molecule has 1 heterocycles. The van der Waals surface area contributed by atoms with Crippen LogP contribution in [0.15, 0.2) is 12.1 Å². The van der Waals surface area contributed by atoms with E-state index >= 15 is 0 Å². The summed E-state index contributed by atoms with van der Waals surface area (Å²) in [6, 6.07) is 2.52. The Morgan fingerprint density at radius 3 is 2.48 bits per heavy atom. The fourth-order valence-corrected chi connectivity index (χ4v) is 2.22. The molecule has 1 aliphatic rings. The highest BCUT2D eigenvalue weighted by atomic mass is 16.6. The lowest BCUT2D eigenvalue weighted by atomic mass is 10.1. The van der Waals surface area contributed by atoms with Gasteiger partial charge in [0.1, 0.15) is 0 Å².